The highest BCUT2D eigenvalue weighted by atomic mass is 32.2. The van der Waals surface area contributed by atoms with Gasteiger partial charge < -0.3 is 5.11 Å². The molecule has 1 heterocycles. The first kappa shape index (κ1) is 14.1. The zero-order valence-electron chi connectivity index (χ0n) is 9.83. The molecule has 0 bridgehead atoms. The summed E-state index contributed by atoms with van der Waals surface area (Å²) in [6, 6.07) is 3.59. The third-order valence-electron chi connectivity index (χ3n) is 2.37. The van der Waals surface area contributed by atoms with Gasteiger partial charge in [-0.3, -0.25) is 4.98 Å². The SMILES string of the molecule is CC(CO)CNS(=O)(=O)CCc1ccncc1. The molecule has 1 unspecified atom stereocenters. The van der Waals surface area contributed by atoms with E-state index < -0.39 is 10.0 Å². The van der Waals surface area contributed by atoms with Crippen LogP contribution in [-0.2, 0) is 16.4 Å². The maximum atomic E-state index is 11.6. The summed E-state index contributed by atoms with van der Waals surface area (Å²) in [5.41, 5.74) is 0.945. The van der Waals surface area contributed by atoms with E-state index in [9.17, 15) is 8.42 Å². The van der Waals surface area contributed by atoms with Crippen LogP contribution in [0.15, 0.2) is 24.5 Å². The van der Waals surface area contributed by atoms with E-state index in [0.29, 0.717) is 6.42 Å². The highest BCUT2D eigenvalue weighted by Crippen LogP contribution is 2.00. The Hall–Kier alpha value is -0.980. The summed E-state index contributed by atoms with van der Waals surface area (Å²) in [5.74, 6) is -0.0134. The lowest BCUT2D eigenvalue weighted by molar-refractivity contribution is 0.238. The number of rotatable bonds is 7. The number of aryl methyl sites for hydroxylation is 1. The summed E-state index contributed by atoms with van der Waals surface area (Å²) in [6.07, 6.45) is 3.75. The normalized spacial score (nSPS) is 13.5. The fourth-order valence-electron chi connectivity index (χ4n) is 1.21. The summed E-state index contributed by atoms with van der Waals surface area (Å²) in [6.45, 7) is 2.04. The molecule has 0 aromatic carbocycles. The number of hydrogen-bond donors (Lipinski definition) is 2. The molecule has 0 aliphatic rings. The van der Waals surface area contributed by atoms with Crippen molar-refractivity contribution in [3.8, 4) is 0 Å². The first-order valence-electron chi connectivity index (χ1n) is 5.50. The molecule has 17 heavy (non-hydrogen) atoms. The summed E-state index contributed by atoms with van der Waals surface area (Å²) in [5, 5.41) is 8.80. The van der Waals surface area contributed by atoms with Crippen molar-refractivity contribution in [1.82, 2.24) is 9.71 Å². The van der Waals surface area contributed by atoms with Crippen LogP contribution in [0.4, 0.5) is 0 Å². The monoisotopic (exact) mass is 258 g/mol. The fourth-order valence-corrected chi connectivity index (χ4v) is 2.39. The maximum Gasteiger partial charge on any atom is 0.211 e. The molecule has 0 aliphatic heterocycles. The van der Waals surface area contributed by atoms with Crippen LogP contribution in [0, 0.1) is 5.92 Å². The highest BCUT2D eigenvalue weighted by molar-refractivity contribution is 7.89. The molecule has 1 aromatic rings. The van der Waals surface area contributed by atoms with Crippen LogP contribution in [0.25, 0.3) is 0 Å². The van der Waals surface area contributed by atoms with Crippen LogP contribution in [0.2, 0.25) is 0 Å². The van der Waals surface area contributed by atoms with Crippen LogP contribution >= 0.6 is 0 Å². The number of aromatic nitrogens is 1. The smallest absolute Gasteiger partial charge is 0.211 e. The molecule has 0 saturated carbocycles. The number of nitrogens with zero attached hydrogens (tertiary/aromatic N) is 1. The Morgan fingerprint density at radius 2 is 2.06 bits per heavy atom. The Bertz CT molecular complexity index is 420. The Morgan fingerprint density at radius 1 is 1.41 bits per heavy atom. The van der Waals surface area contributed by atoms with Crippen molar-refractivity contribution in [1.29, 1.82) is 0 Å². The molecular formula is C11H18N2O3S. The molecule has 0 amide bonds. The van der Waals surface area contributed by atoms with E-state index in [1.165, 1.54) is 0 Å². The van der Waals surface area contributed by atoms with Gasteiger partial charge in [0.25, 0.3) is 0 Å². The van der Waals surface area contributed by atoms with E-state index in [0.717, 1.165) is 5.56 Å². The fraction of sp³-hybridized carbons (Fsp3) is 0.545. The minimum Gasteiger partial charge on any atom is -0.396 e. The lowest BCUT2D eigenvalue weighted by atomic mass is 10.2. The Kier molecular flexibility index (Phi) is 5.54. The van der Waals surface area contributed by atoms with Gasteiger partial charge in [-0.25, -0.2) is 13.1 Å². The van der Waals surface area contributed by atoms with Crippen molar-refractivity contribution in [2.45, 2.75) is 13.3 Å². The summed E-state index contributed by atoms with van der Waals surface area (Å²) >= 11 is 0. The second-order valence-corrected chi connectivity index (χ2v) is 5.99. The summed E-state index contributed by atoms with van der Waals surface area (Å²) in [4.78, 5) is 3.87. The first-order valence-corrected chi connectivity index (χ1v) is 7.16. The van der Waals surface area contributed by atoms with Crippen molar-refractivity contribution >= 4 is 10.0 Å². The van der Waals surface area contributed by atoms with Gasteiger partial charge in [0.1, 0.15) is 0 Å². The number of aliphatic hydroxyl groups excluding tert-OH is 1. The molecule has 0 spiro atoms. The predicted molar refractivity (Wildman–Crippen MR) is 66.0 cm³/mol. The topological polar surface area (TPSA) is 79.3 Å². The number of sulfonamides is 1. The van der Waals surface area contributed by atoms with Gasteiger partial charge >= 0.3 is 0 Å². The minimum absolute atomic E-state index is 0.0210. The Labute approximate surface area is 102 Å². The molecule has 5 nitrogen and oxygen atoms in total. The standard InChI is InChI=1S/C11H18N2O3S/c1-10(9-14)8-13-17(15,16)7-4-11-2-5-12-6-3-11/h2-3,5-6,10,13-14H,4,7-9H2,1H3. The number of hydrogen-bond acceptors (Lipinski definition) is 4. The predicted octanol–water partition coefficient (Wildman–Crippen LogP) is 0.172. The quantitative estimate of drug-likeness (QED) is 0.731. The molecular weight excluding hydrogens is 240 g/mol. The average Bonchev–Trinajstić information content (AvgIpc) is 2.35. The largest absolute Gasteiger partial charge is 0.396 e. The Balaban J connectivity index is 2.40. The van der Waals surface area contributed by atoms with Crippen LogP contribution in [0.1, 0.15) is 12.5 Å². The molecule has 6 heteroatoms. The minimum atomic E-state index is -3.27. The molecule has 96 valence electrons. The molecule has 0 radical (unpaired) electrons. The van der Waals surface area contributed by atoms with Crippen molar-refractivity contribution in [2.75, 3.05) is 18.9 Å². The van der Waals surface area contributed by atoms with Crippen LogP contribution < -0.4 is 4.72 Å². The van der Waals surface area contributed by atoms with E-state index in [1.807, 2.05) is 0 Å². The van der Waals surface area contributed by atoms with E-state index in [2.05, 4.69) is 9.71 Å². The maximum absolute atomic E-state index is 11.6. The van der Waals surface area contributed by atoms with Crippen LogP contribution in [0.3, 0.4) is 0 Å². The van der Waals surface area contributed by atoms with Crippen molar-refractivity contribution < 1.29 is 13.5 Å². The van der Waals surface area contributed by atoms with Gasteiger partial charge in [0, 0.05) is 25.5 Å². The van der Waals surface area contributed by atoms with E-state index in [1.54, 1.807) is 31.5 Å². The molecule has 0 fully saturated rings. The molecule has 0 aliphatic carbocycles. The van der Waals surface area contributed by atoms with E-state index in [4.69, 9.17) is 5.11 Å². The number of nitrogens with one attached hydrogen (secondary N) is 1. The van der Waals surface area contributed by atoms with Crippen molar-refractivity contribution in [2.24, 2.45) is 5.92 Å². The zero-order valence-corrected chi connectivity index (χ0v) is 10.7. The zero-order chi connectivity index (χ0) is 12.7. The first-order chi connectivity index (χ1) is 8.03. The number of aliphatic hydroxyl groups is 1. The lowest BCUT2D eigenvalue weighted by Gasteiger charge is -2.10. The summed E-state index contributed by atoms with van der Waals surface area (Å²) < 4.78 is 25.7. The van der Waals surface area contributed by atoms with Gasteiger partial charge in [0.05, 0.1) is 5.75 Å². The van der Waals surface area contributed by atoms with Gasteiger partial charge in [0.2, 0.25) is 10.0 Å². The number of pyridine rings is 1. The molecule has 1 aromatic heterocycles. The molecule has 2 N–H and O–H groups in total. The Morgan fingerprint density at radius 3 is 2.65 bits per heavy atom. The van der Waals surface area contributed by atoms with Gasteiger partial charge in [-0.15, -0.1) is 0 Å². The average molecular weight is 258 g/mol. The summed E-state index contributed by atoms with van der Waals surface area (Å²) in [7, 11) is -3.27. The van der Waals surface area contributed by atoms with Crippen molar-refractivity contribution in [3.63, 3.8) is 0 Å². The molecule has 1 rings (SSSR count). The lowest BCUT2D eigenvalue weighted by Crippen LogP contribution is -2.32. The highest BCUT2D eigenvalue weighted by Gasteiger charge is 2.11. The van der Waals surface area contributed by atoms with Crippen LogP contribution in [-0.4, -0.2) is 37.4 Å². The van der Waals surface area contributed by atoms with E-state index >= 15 is 0 Å². The second kappa shape index (κ2) is 6.68. The van der Waals surface area contributed by atoms with Gasteiger partial charge in [-0.05, 0) is 30.0 Å². The third kappa shape index (κ3) is 5.76. The van der Waals surface area contributed by atoms with E-state index in [-0.39, 0.29) is 24.8 Å². The van der Waals surface area contributed by atoms with Crippen molar-refractivity contribution in [3.05, 3.63) is 30.1 Å². The third-order valence-corrected chi connectivity index (χ3v) is 3.72. The molecule has 0 saturated heterocycles. The molecule has 1 atom stereocenters. The van der Waals surface area contributed by atoms with Gasteiger partial charge in [-0.2, -0.15) is 0 Å². The van der Waals surface area contributed by atoms with Gasteiger partial charge in [0.15, 0.2) is 0 Å². The van der Waals surface area contributed by atoms with Gasteiger partial charge in [-0.1, -0.05) is 6.92 Å². The second-order valence-electron chi connectivity index (χ2n) is 4.06. The van der Waals surface area contributed by atoms with Crippen LogP contribution in [0.5, 0.6) is 0 Å².